The summed E-state index contributed by atoms with van der Waals surface area (Å²) < 4.78 is 13.2. The fraction of sp³-hybridized carbons (Fsp3) is 0.154. The molecule has 3 aromatic rings. The molecule has 0 aliphatic heterocycles. The summed E-state index contributed by atoms with van der Waals surface area (Å²) in [5.41, 5.74) is 4.36. The second kappa shape index (κ2) is 9.64. The van der Waals surface area contributed by atoms with Gasteiger partial charge in [0.05, 0.1) is 10.7 Å². The quantitative estimate of drug-likeness (QED) is 0.283. The van der Waals surface area contributed by atoms with E-state index in [4.69, 9.17) is 58.0 Å². The van der Waals surface area contributed by atoms with Crippen molar-refractivity contribution in [1.29, 1.82) is 0 Å². The van der Waals surface area contributed by atoms with Crippen molar-refractivity contribution < 1.29 is 4.39 Å². The van der Waals surface area contributed by atoms with Crippen LogP contribution < -0.4 is 10.6 Å². The van der Waals surface area contributed by atoms with Crippen LogP contribution in [0.3, 0.4) is 0 Å². The molecular formula is C26H20Cl5FN2. The third kappa shape index (κ3) is 5.19. The minimum atomic E-state index is -1.05. The molecule has 2 unspecified atom stereocenters. The number of allylic oxidation sites excluding steroid dienone is 1. The first kappa shape index (κ1) is 25.2. The first-order chi connectivity index (χ1) is 16.0. The Kier molecular flexibility index (Phi) is 7.15. The molecule has 8 heteroatoms. The summed E-state index contributed by atoms with van der Waals surface area (Å²) in [4.78, 5) is 0. The summed E-state index contributed by atoms with van der Waals surface area (Å²) in [6.45, 7) is 9.99. The van der Waals surface area contributed by atoms with Gasteiger partial charge in [0.15, 0.2) is 0 Å². The number of aryl methyl sites for hydroxylation is 1. The van der Waals surface area contributed by atoms with Gasteiger partial charge in [-0.2, -0.15) is 0 Å². The molecule has 0 saturated heterocycles. The summed E-state index contributed by atoms with van der Waals surface area (Å²) in [5.74, 6) is -0.867. The average molecular weight is 557 g/mol. The van der Waals surface area contributed by atoms with Crippen molar-refractivity contribution in [3.63, 3.8) is 0 Å². The van der Waals surface area contributed by atoms with E-state index in [0.717, 1.165) is 11.1 Å². The zero-order valence-electron chi connectivity index (χ0n) is 18.0. The molecule has 0 heterocycles. The monoisotopic (exact) mass is 554 g/mol. The molecule has 0 radical (unpaired) electrons. The maximum Gasteiger partial charge on any atom is 0.146 e. The van der Waals surface area contributed by atoms with Crippen LogP contribution in [-0.2, 0) is 0 Å². The van der Waals surface area contributed by atoms with Crippen LogP contribution in [0.25, 0.3) is 5.70 Å². The van der Waals surface area contributed by atoms with Gasteiger partial charge in [0.25, 0.3) is 0 Å². The number of hydrogen-bond acceptors (Lipinski definition) is 2. The summed E-state index contributed by atoms with van der Waals surface area (Å²) in [7, 11) is 0. The second-order valence-corrected chi connectivity index (χ2v) is 11.0. The molecule has 1 aliphatic carbocycles. The molecule has 0 amide bonds. The zero-order valence-corrected chi connectivity index (χ0v) is 21.8. The predicted molar refractivity (Wildman–Crippen MR) is 145 cm³/mol. The standard InChI is InChI=1S/C26H20Cl5FN2/c1-13-4-7-23(22(32)8-13)34-14(2)20-12-19(5-6-21(20)29)33-15(3)24-25(26(24,30)31)16-9-17(27)11-18(28)10-16/h4-12,24-25,33-34H,2-3H2,1H3. The Morgan fingerprint density at radius 1 is 0.912 bits per heavy atom. The van der Waals surface area contributed by atoms with E-state index in [9.17, 15) is 4.39 Å². The van der Waals surface area contributed by atoms with E-state index in [0.29, 0.717) is 43.4 Å². The summed E-state index contributed by atoms with van der Waals surface area (Å²) in [6, 6.07) is 15.5. The van der Waals surface area contributed by atoms with E-state index >= 15 is 0 Å². The van der Waals surface area contributed by atoms with Gasteiger partial charge in [0.2, 0.25) is 0 Å². The molecular weight excluding hydrogens is 537 g/mol. The zero-order chi connectivity index (χ0) is 24.8. The highest BCUT2D eigenvalue weighted by atomic mass is 35.5. The first-order valence-electron chi connectivity index (χ1n) is 10.3. The highest BCUT2D eigenvalue weighted by molar-refractivity contribution is 6.52. The van der Waals surface area contributed by atoms with Crippen molar-refractivity contribution in [3.8, 4) is 0 Å². The van der Waals surface area contributed by atoms with Crippen molar-refractivity contribution in [1.82, 2.24) is 0 Å². The van der Waals surface area contributed by atoms with Crippen LogP contribution in [0.15, 0.2) is 73.5 Å². The first-order valence-corrected chi connectivity index (χ1v) is 12.2. The maximum absolute atomic E-state index is 14.3. The number of anilines is 2. The number of hydrogen-bond donors (Lipinski definition) is 2. The lowest BCUT2D eigenvalue weighted by atomic mass is 10.1. The van der Waals surface area contributed by atoms with Crippen LogP contribution >= 0.6 is 58.0 Å². The normalized spacial score (nSPS) is 18.3. The topological polar surface area (TPSA) is 24.1 Å². The highest BCUT2D eigenvalue weighted by Crippen LogP contribution is 2.67. The number of halogens is 6. The number of alkyl halides is 2. The van der Waals surface area contributed by atoms with Gasteiger partial charge >= 0.3 is 0 Å². The van der Waals surface area contributed by atoms with Crippen LogP contribution in [0.1, 0.15) is 22.6 Å². The van der Waals surface area contributed by atoms with E-state index in [2.05, 4.69) is 23.8 Å². The van der Waals surface area contributed by atoms with Gasteiger partial charge in [-0.05, 0) is 66.6 Å². The molecule has 176 valence electrons. The SMILES string of the molecule is C=C(Nc1ccc(C)cc1F)c1cc(NC(=C)C2C(c3cc(Cl)cc(Cl)c3)C2(Cl)Cl)ccc1Cl. The lowest BCUT2D eigenvalue weighted by molar-refractivity contribution is 0.631. The fourth-order valence-electron chi connectivity index (χ4n) is 3.98. The molecule has 1 aliphatic rings. The maximum atomic E-state index is 14.3. The average Bonchev–Trinajstić information content (AvgIpc) is 3.33. The van der Waals surface area contributed by atoms with E-state index < -0.39 is 4.33 Å². The lowest BCUT2D eigenvalue weighted by Gasteiger charge is -2.15. The molecule has 0 aromatic heterocycles. The highest BCUT2D eigenvalue weighted by Gasteiger charge is 2.65. The molecule has 4 rings (SSSR count). The Morgan fingerprint density at radius 2 is 1.59 bits per heavy atom. The molecule has 2 nitrogen and oxygen atoms in total. The third-order valence-corrected chi connectivity index (χ3v) is 7.39. The van der Waals surface area contributed by atoms with Crippen molar-refractivity contribution in [2.45, 2.75) is 17.2 Å². The summed E-state index contributed by atoms with van der Waals surface area (Å²) in [5, 5.41) is 7.73. The molecule has 2 atom stereocenters. The van der Waals surface area contributed by atoms with E-state index in [1.54, 1.807) is 42.5 Å². The Morgan fingerprint density at radius 3 is 2.24 bits per heavy atom. The van der Waals surface area contributed by atoms with Crippen molar-refractivity contribution in [3.05, 3.63) is 111 Å². The van der Waals surface area contributed by atoms with E-state index in [-0.39, 0.29) is 17.7 Å². The number of nitrogens with one attached hydrogen (secondary N) is 2. The van der Waals surface area contributed by atoms with Gasteiger partial charge < -0.3 is 10.6 Å². The molecule has 1 fully saturated rings. The molecule has 0 bridgehead atoms. The Hall–Kier alpha value is -1.88. The molecule has 2 N–H and O–H groups in total. The lowest BCUT2D eigenvalue weighted by Crippen LogP contribution is -2.06. The molecule has 3 aromatic carbocycles. The third-order valence-electron chi connectivity index (χ3n) is 5.68. The van der Waals surface area contributed by atoms with Gasteiger partial charge in [0, 0.05) is 44.5 Å². The Balaban J connectivity index is 1.52. The Bertz CT molecular complexity index is 1280. The largest absolute Gasteiger partial charge is 0.359 e. The van der Waals surface area contributed by atoms with Crippen molar-refractivity contribution >= 4 is 75.1 Å². The predicted octanol–water partition coefficient (Wildman–Crippen LogP) is 9.69. The fourth-order valence-corrected chi connectivity index (χ4v) is 5.65. The van der Waals surface area contributed by atoms with E-state index in [1.165, 1.54) is 6.07 Å². The van der Waals surface area contributed by atoms with Crippen LogP contribution in [0.5, 0.6) is 0 Å². The Labute approximate surface area is 223 Å². The van der Waals surface area contributed by atoms with Crippen LogP contribution in [0.2, 0.25) is 15.1 Å². The van der Waals surface area contributed by atoms with Gasteiger partial charge in [-0.25, -0.2) is 4.39 Å². The van der Waals surface area contributed by atoms with Gasteiger partial charge in [0.1, 0.15) is 10.2 Å². The van der Waals surface area contributed by atoms with Gasteiger partial charge in [-0.1, -0.05) is 54.0 Å². The molecule has 34 heavy (non-hydrogen) atoms. The van der Waals surface area contributed by atoms with Crippen LogP contribution in [-0.4, -0.2) is 4.33 Å². The smallest absolute Gasteiger partial charge is 0.146 e. The molecule has 0 spiro atoms. The minimum Gasteiger partial charge on any atom is -0.359 e. The van der Waals surface area contributed by atoms with Crippen molar-refractivity contribution in [2.75, 3.05) is 10.6 Å². The van der Waals surface area contributed by atoms with E-state index in [1.807, 2.05) is 13.0 Å². The number of rotatable bonds is 7. The summed E-state index contributed by atoms with van der Waals surface area (Å²) >= 11 is 31.9. The van der Waals surface area contributed by atoms with Crippen molar-refractivity contribution in [2.24, 2.45) is 5.92 Å². The second-order valence-electron chi connectivity index (χ2n) is 8.26. The minimum absolute atomic E-state index is 0.222. The van der Waals surface area contributed by atoms with Gasteiger partial charge in [-0.3, -0.25) is 0 Å². The van der Waals surface area contributed by atoms with Crippen LogP contribution in [0, 0.1) is 18.7 Å². The molecule has 1 saturated carbocycles. The number of benzene rings is 3. The van der Waals surface area contributed by atoms with Gasteiger partial charge in [-0.15, -0.1) is 23.2 Å². The van der Waals surface area contributed by atoms with Crippen LogP contribution in [0.4, 0.5) is 15.8 Å². The summed E-state index contributed by atoms with van der Waals surface area (Å²) in [6.07, 6.45) is 0.